The molecule has 0 aliphatic rings. The third-order valence-electron chi connectivity index (χ3n) is 4.79. The van der Waals surface area contributed by atoms with E-state index >= 15 is 0 Å². The molecule has 3 aromatic rings. The van der Waals surface area contributed by atoms with E-state index in [2.05, 4.69) is 45.5 Å². The van der Waals surface area contributed by atoms with Crippen molar-refractivity contribution in [3.8, 4) is 0 Å². The monoisotopic (exact) mass is 405 g/mol. The molecule has 4 nitrogen and oxygen atoms in total. The van der Waals surface area contributed by atoms with E-state index in [0.29, 0.717) is 12.1 Å². The first-order valence-electron chi connectivity index (χ1n) is 9.72. The zero-order valence-electron chi connectivity index (χ0n) is 16.9. The average molecular weight is 406 g/mol. The number of likely N-dealkylation sites (N-methyl/N-ethyl adjacent to an activating group) is 1. The smallest absolute Gasteiger partial charge is 0.251 e. The van der Waals surface area contributed by atoms with Gasteiger partial charge in [-0.25, -0.2) is 0 Å². The Hall–Kier alpha value is -2.63. The van der Waals surface area contributed by atoms with Gasteiger partial charge in [0.1, 0.15) is 0 Å². The van der Waals surface area contributed by atoms with Crippen LogP contribution in [0, 0.1) is 0 Å². The fraction of sp³-hybridized carbons (Fsp3) is 0.250. The van der Waals surface area contributed by atoms with E-state index in [1.807, 2.05) is 56.7 Å². The maximum Gasteiger partial charge on any atom is 0.251 e. The number of thioether (sulfide) groups is 1. The maximum absolute atomic E-state index is 12.6. The van der Waals surface area contributed by atoms with Gasteiger partial charge in [0.15, 0.2) is 0 Å². The summed E-state index contributed by atoms with van der Waals surface area (Å²) in [6.45, 7) is 0.609. The summed E-state index contributed by atoms with van der Waals surface area (Å²) in [7, 11) is 4.10. The number of aromatic nitrogens is 1. The predicted molar refractivity (Wildman–Crippen MR) is 120 cm³/mol. The predicted octanol–water partition coefficient (Wildman–Crippen LogP) is 4.28. The lowest BCUT2D eigenvalue weighted by Gasteiger charge is -2.24. The van der Waals surface area contributed by atoms with Crippen LogP contribution in [0.3, 0.4) is 0 Å². The van der Waals surface area contributed by atoms with Gasteiger partial charge < -0.3 is 10.2 Å². The Morgan fingerprint density at radius 3 is 2.38 bits per heavy atom. The molecular formula is C24H27N3OS. The van der Waals surface area contributed by atoms with Gasteiger partial charge in [0.2, 0.25) is 0 Å². The number of hydrogen-bond donors (Lipinski definition) is 1. The molecule has 0 saturated carbocycles. The van der Waals surface area contributed by atoms with Crippen LogP contribution in [0.1, 0.15) is 21.5 Å². The van der Waals surface area contributed by atoms with Crippen LogP contribution < -0.4 is 5.32 Å². The summed E-state index contributed by atoms with van der Waals surface area (Å²) < 4.78 is 0. The Morgan fingerprint density at radius 2 is 1.72 bits per heavy atom. The van der Waals surface area contributed by atoms with Crippen LogP contribution in [0.2, 0.25) is 0 Å². The largest absolute Gasteiger partial charge is 0.350 e. The third kappa shape index (κ3) is 6.73. The minimum atomic E-state index is -0.0336. The standard InChI is InChI=1S/C24H27N3OS/c1-27(2)22(15-19-7-4-3-5-8-19)17-26-24(28)21-10-12-23(13-11-21)29-18-20-9-6-14-25-16-20/h3-14,16,22H,15,17-18H2,1-2H3,(H,26,28). The van der Waals surface area contributed by atoms with Gasteiger partial charge in [-0.2, -0.15) is 0 Å². The summed E-state index contributed by atoms with van der Waals surface area (Å²) in [5.41, 5.74) is 3.15. The van der Waals surface area contributed by atoms with E-state index in [1.54, 1.807) is 18.0 Å². The summed E-state index contributed by atoms with van der Waals surface area (Å²) in [4.78, 5) is 20.0. The van der Waals surface area contributed by atoms with Crippen LogP contribution in [0.4, 0.5) is 0 Å². The van der Waals surface area contributed by atoms with E-state index in [9.17, 15) is 4.79 Å². The molecule has 1 aromatic heterocycles. The number of pyridine rings is 1. The molecule has 5 heteroatoms. The molecule has 1 amide bonds. The van der Waals surface area contributed by atoms with E-state index in [-0.39, 0.29) is 11.9 Å². The minimum Gasteiger partial charge on any atom is -0.350 e. The lowest BCUT2D eigenvalue weighted by atomic mass is 10.1. The van der Waals surface area contributed by atoms with E-state index < -0.39 is 0 Å². The quantitative estimate of drug-likeness (QED) is 0.540. The number of hydrogen-bond acceptors (Lipinski definition) is 4. The van der Waals surface area contributed by atoms with Crippen LogP contribution in [0.5, 0.6) is 0 Å². The molecule has 0 aliphatic heterocycles. The molecule has 0 aliphatic carbocycles. The molecule has 1 N–H and O–H groups in total. The van der Waals surface area contributed by atoms with Crippen molar-refractivity contribution in [2.24, 2.45) is 0 Å². The Kier molecular flexibility index (Phi) is 7.85. The molecule has 0 saturated heterocycles. The van der Waals surface area contributed by atoms with Crippen LogP contribution in [-0.2, 0) is 12.2 Å². The summed E-state index contributed by atoms with van der Waals surface area (Å²) in [5, 5.41) is 3.08. The maximum atomic E-state index is 12.6. The third-order valence-corrected chi connectivity index (χ3v) is 5.87. The highest BCUT2D eigenvalue weighted by Gasteiger charge is 2.14. The van der Waals surface area contributed by atoms with Gasteiger partial charge in [-0.05, 0) is 62.0 Å². The van der Waals surface area contributed by atoms with Gasteiger partial charge in [0.05, 0.1) is 0 Å². The molecule has 0 radical (unpaired) electrons. The van der Waals surface area contributed by atoms with Crippen LogP contribution in [-0.4, -0.2) is 42.5 Å². The molecular weight excluding hydrogens is 378 g/mol. The first-order chi connectivity index (χ1) is 14.1. The molecule has 3 rings (SSSR count). The topological polar surface area (TPSA) is 45.2 Å². The van der Waals surface area contributed by atoms with E-state index in [0.717, 1.165) is 17.1 Å². The number of amides is 1. The van der Waals surface area contributed by atoms with Crippen molar-refractivity contribution >= 4 is 17.7 Å². The van der Waals surface area contributed by atoms with Crippen molar-refractivity contribution in [2.45, 2.75) is 23.1 Å². The molecule has 29 heavy (non-hydrogen) atoms. The Labute approximate surface area is 177 Å². The molecule has 150 valence electrons. The fourth-order valence-corrected chi connectivity index (χ4v) is 3.82. The lowest BCUT2D eigenvalue weighted by Crippen LogP contribution is -2.41. The van der Waals surface area contributed by atoms with Crippen LogP contribution in [0.15, 0.2) is 84.0 Å². The molecule has 0 fully saturated rings. The average Bonchev–Trinajstić information content (AvgIpc) is 2.76. The normalized spacial score (nSPS) is 12.0. The highest BCUT2D eigenvalue weighted by atomic mass is 32.2. The Bertz CT molecular complexity index is 883. The number of carbonyl (C=O) groups is 1. The SMILES string of the molecule is CN(C)C(CNC(=O)c1ccc(SCc2cccnc2)cc1)Cc1ccccc1. The van der Waals surface area contributed by atoms with Gasteiger partial charge in [0.25, 0.3) is 5.91 Å². The van der Waals surface area contributed by atoms with Crippen molar-refractivity contribution in [1.29, 1.82) is 0 Å². The number of rotatable bonds is 9. The molecule has 2 aromatic carbocycles. The Morgan fingerprint density at radius 1 is 1.00 bits per heavy atom. The minimum absolute atomic E-state index is 0.0336. The van der Waals surface area contributed by atoms with Crippen LogP contribution in [0.25, 0.3) is 0 Å². The van der Waals surface area contributed by atoms with Crippen molar-refractivity contribution in [3.63, 3.8) is 0 Å². The highest BCUT2D eigenvalue weighted by Crippen LogP contribution is 2.22. The number of carbonyl (C=O) groups excluding carboxylic acids is 1. The first kappa shape index (κ1) is 21.1. The van der Waals surface area contributed by atoms with E-state index in [4.69, 9.17) is 0 Å². The summed E-state index contributed by atoms with van der Waals surface area (Å²) >= 11 is 1.74. The van der Waals surface area contributed by atoms with Crippen molar-refractivity contribution in [2.75, 3.05) is 20.6 Å². The van der Waals surface area contributed by atoms with Crippen LogP contribution >= 0.6 is 11.8 Å². The van der Waals surface area contributed by atoms with Gasteiger partial charge in [-0.3, -0.25) is 9.78 Å². The number of nitrogens with zero attached hydrogens (tertiary/aromatic N) is 2. The summed E-state index contributed by atoms with van der Waals surface area (Å²) in [6, 6.07) is 22.4. The van der Waals surface area contributed by atoms with Gasteiger partial charge in [0, 0.05) is 41.2 Å². The first-order valence-corrected chi connectivity index (χ1v) is 10.7. The van der Waals surface area contributed by atoms with Gasteiger partial charge in [-0.1, -0.05) is 36.4 Å². The molecule has 1 heterocycles. The number of nitrogens with one attached hydrogen (secondary N) is 1. The van der Waals surface area contributed by atoms with Gasteiger partial charge >= 0.3 is 0 Å². The zero-order valence-corrected chi connectivity index (χ0v) is 17.7. The zero-order chi connectivity index (χ0) is 20.5. The number of benzene rings is 2. The lowest BCUT2D eigenvalue weighted by molar-refractivity contribution is 0.0941. The molecule has 0 spiro atoms. The highest BCUT2D eigenvalue weighted by molar-refractivity contribution is 7.98. The second-order valence-electron chi connectivity index (χ2n) is 7.19. The van der Waals surface area contributed by atoms with Crippen molar-refractivity contribution in [1.82, 2.24) is 15.2 Å². The van der Waals surface area contributed by atoms with Gasteiger partial charge in [-0.15, -0.1) is 11.8 Å². The van der Waals surface area contributed by atoms with Crippen molar-refractivity contribution in [3.05, 3.63) is 95.8 Å². The second-order valence-corrected chi connectivity index (χ2v) is 8.24. The molecule has 1 atom stereocenters. The fourth-order valence-electron chi connectivity index (χ4n) is 2.99. The summed E-state index contributed by atoms with van der Waals surface area (Å²) in [5.74, 6) is 0.831. The Balaban J connectivity index is 1.51. The van der Waals surface area contributed by atoms with Crippen molar-refractivity contribution < 1.29 is 4.79 Å². The molecule has 1 unspecified atom stereocenters. The van der Waals surface area contributed by atoms with E-state index in [1.165, 1.54) is 11.1 Å². The second kappa shape index (κ2) is 10.8. The summed E-state index contributed by atoms with van der Waals surface area (Å²) in [6.07, 6.45) is 4.56. The molecule has 0 bridgehead atoms.